The van der Waals surface area contributed by atoms with Crippen molar-refractivity contribution in [2.24, 2.45) is 5.92 Å². The summed E-state index contributed by atoms with van der Waals surface area (Å²) in [5.41, 5.74) is 1.73. The van der Waals surface area contributed by atoms with Crippen LogP contribution < -0.4 is 10.1 Å². The number of carbonyl (C=O) groups excluding carboxylic acids is 1. The molecule has 2 unspecified atom stereocenters. The molecule has 1 aromatic rings. The molecule has 1 aliphatic rings. The molecule has 1 fully saturated rings. The maximum absolute atomic E-state index is 12.3. The van der Waals surface area contributed by atoms with E-state index in [1.54, 1.807) is 19.1 Å². The minimum Gasteiger partial charge on any atom is -0.495 e. The number of anilines is 1. The summed E-state index contributed by atoms with van der Waals surface area (Å²) in [5, 5.41) is 12.9. The Morgan fingerprint density at radius 1 is 1.41 bits per heavy atom. The van der Waals surface area contributed by atoms with E-state index >= 15 is 0 Å². The van der Waals surface area contributed by atoms with Crippen LogP contribution in [0.5, 0.6) is 5.75 Å². The molecule has 122 valence electrons. The van der Waals surface area contributed by atoms with Crippen LogP contribution in [0, 0.1) is 12.8 Å². The highest BCUT2D eigenvalue weighted by Gasteiger charge is 2.25. The van der Waals surface area contributed by atoms with E-state index in [-0.39, 0.29) is 18.1 Å². The molecule has 1 aliphatic carbocycles. The summed E-state index contributed by atoms with van der Waals surface area (Å²) in [6.07, 6.45) is 3.73. The lowest BCUT2D eigenvalue weighted by atomic mass is 9.86. The van der Waals surface area contributed by atoms with E-state index in [0.717, 1.165) is 31.2 Å². The molecule has 1 saturated carbocycles. The summed E-state index contributed by atoms with van der Waals surface area (Å²) in [7, 11) is 3.35. The summed E-state index contributed by atoms with van der Waals surface area (Å²) in [6, 6.07) is 5.49. The number of hydrogen-bond donors (Lipinski definition) is 2. The summed E-state index contributed by atoms with van der Waals surface area (Å²) in [6.45, 7) is 2.54. The fourth-order valence-corrected chi connectivity index (χ4v) is 2.97. The molecule has 0 aromatic heterocycles. The number of aryl methyl sites for hydroxylation is 1. The zero-order valence-corrected chi connectivity index (χ0v) is 13.6. The van der Waals surface area contributed by atoms with Gasteiger partial charge in [-0.05, 0) is 37.5 Å². The van der Waals surface area contributed by atoms with Gasteiger partial charge in [0.2, 0.25) is 0 Å². The Morgan fingerprint density at radius 3 is 2.82 bits per heavy atom. The van der Waals surface area contributed by atoms with Crippen LogP contribution in [0.3, 0.4) is 0 Å². The molecule has 2 N–H and O–H groups in total. The van der Waals surface area contributed by atoms with Crippen LogP contribution in [-0.4, -0.2) is 42.8 Å². The monoisotopic (exact) mass is 306 g/mol. The molecule has 0 aliphatic heterocycles. The number of hydrogen-bond acceptors (Lipinski definition) is 3. The van der Waals surface area contributed by atoms with E-state index in [2.05, 4.69) is 5.32 Å². The van der Waals surface area contributed by atoms with Gasteiger partial charge < -0.3 is 20.1 Å². The number of rotatable bonds is 4. The third kappa shape index (κ3) is 4.13. The van der Waals surface area contributed by atoms with Crippen LogP contribution in [0.25, 0.3) is 0 Å². The van der Waals surface area contributed by atoms with E-state index in [4.69, 9.17) is 4.74 Å². The minimum atomic E-state index is -0.294. The zero-order valence-electron chi connectivity index (χ0n) is 13.6. The lowest BCUT2D eigenvalue weighted by Gasteiger charge is -2.31. The Labute approximate surface area is 132 Å². The maximum Gasteiger partial charge on any atom is 0.321 e. The molecule has 2 amide bonds. The number of amides is 2. The average Bonchev–Trinajstić information content (AvgIpc) is 2.49. The number of benzene rings is 1. The second kappa shape index (κ2) is 7.49. The molecule has 0 radical (unpaired) electrons. The number of aliphatic hydroxyl groups excluding tert-OH is 1. The molecule has 2 rings (SSSR count). The molecular formula is C17H26N2O3. The maximum atomic E-state index is 12.3. The van der Waals surface area contributed by atoms with Crippen LogP contribution >= 0.6 is 0 Å². The van der Waals surface area contributed by atoms with E-state index < -0.39 is 0 Å². The largest absolute Gasteiger partial charge is 0.495 e. The van der Waals surface area contributed by atoms with Gasteiger partial charge in [-0.25, -0.2) is 4.79 Å². The molecule has 5 heteroatoms. The van der Waals surface area contributed by atoms with Crippen molar-refractivity contribution in [2.45, 2.75) is 38.7 Å². The number of ether oxygens (including phenoxy) is 1. The molecule has 22 heavy (non-hydrogen) atoms. The topological polar surface area (TPSA) is 61.8 Å². The van der Waals surface area contributed by atoms with Crippen molar-refractivity contribution < 1.29 is 14.6 Å². The molecule has 0 saturated heterocycles. The third-order valence-corrected chi connectivity index (χ3v) is 4.32. The molecule has 0 bridgehead atoms. The molecular weight excluding hydrogens is 280 g/mol. The van der Waals surface area contributed by atoms with Gasteiger partial charge in [-0.1, -0.05) is 18.9 Å². The molecule has 0 heterocycles. The molecule has 2 atom stereocenters. The quantitative estimate of drug-likeness (QED) is 0.899. The first-order valence-electron chi connectivity index (χ1n) is 7.86. The van der Waals surface area contributed by atoms with Crippen LogP contribution in [-0.2, 0) is 0 Å². The Kier molecular flexibility index (Phi) is 5.66. The Morgan fingerprint density at radius 2 is 2.14 bits per heavy atom. The van der Waals surface area contributed by atoms with Gasteiger partial charge >= 0.3 is 6.03 Å². The summed E-state index contributed by atoms with van der Waals surface area (Å²) >= 11 is 0. The Hall–Kier alpha value is -1.75. The van der Waals surface area contributed by atoms with E-state index in [9.17, 15) is 9.90 Å². The van der Waals surface area contributed by atoms with Crippen molar-refractivity contribution in [3.63, 3.8) is 0 Å². The van der Waals surface area contributed by atoms with Gasteiger partial charge in [-0.3, -0.25) is 0 Å². The number of aliphatic hydroxyl groups is 1. The van der Waals surface area contributed by atoms with Crippen molar-refractivity contribution >= 4 is 11.7 Å². The van der Waals surface area contributed by atoms with Crippen molar-refractivity contribution in [1.29, 1.82) is 0 Å². The van der Waals surface area contributed by atoms with Gasteiger partial charge in [0.15, 0.2) is 0 Å². The number of nitrogens with one attached hydrogen (secondary N) is 1. The van der Waals surface area contributed by atoms with Crippen LogP contribution in [0.1, 0.15) is 31.2 Å². The Bertz CT molecular complexity index is 519. The fraction of sp³-hybridized carbons (Fsp3) is 0.588. The number of nitrogens with zero attached hydrogens (tertiary/aromatic N) is 1. The average molecular weight is 306 g/mol. The van der Waals surface area contributed by atoms with Gasteiger partial charge in [0, 0.05) is 19.5 Å². The van der Waals surface area contributed by atoms with Gasteiger partial charge in [0.25, 0.3) is 0 Å². The highest BCUT2D eigenvalue weighted by molar-refractivity contribution is 5.91. The second-order valence-corrected chi connectivity index (χ2v) is 6.13. The van der Waals surface area contributed by atoms with Crippen LogP contribution in [0.15, 0.2) is 18.2 Å². The summed E-state index contributed by atoms with van der Waals surface area (Å²) in [5.74, 6) is 0.814. The summed E-state index contributed by atoms with van der Waals surface area (Å²) in [4.78, 5) is 14.0. The first-order chi connectivity index (χ1) is 10.5. The van der Waals surface area contributed by atoms with Gasteiger partial charge in [-0.15, -0.1) is 0 Å². The van der Waals surface area contributed by atoms with E-state index in [1.165, 1.54) is 0 Å². The lowest BCUT2D eigenvalue weighted by molar-refractivity contribution is 0.0575. The molecule has 1 aromatic carbocycles. The van der Waals surface area contributed by atoms with Crippen molar-refractivity contribution in [1.82, 2.24) is 4.90 Å². The first-order valence-corrected chi connectivity index (χ1v) is 7.86. The molecule has 5 nitrogen and oxygen atoms in total. The fourth-order valence-electron chi connectivity index (χ4n) is 2.97. The number of urea groups is 1. The standard InChI is InChI=1S/C17H26N2O3/c1-12-8-9-16(22-3)14(10-12)18-17(21)19(2)11-13-6-4-5-7-15(13)20/h8-10,13,15,20H,4-7,11H2,1-3H3,(H,18,21). The van der Waals surface area contributed by atoms with Crippen molar-refractivity contribution in [3.8, 4) is 5.75 Å². The Balaban J connectivity index is 1.97. The van der Waals surface area contributed by atoms with Gasteiger partial charge in [0.1, 0.15) is 5.75 Å². The SMILES string of the molecule is COc1ccc(C)cc1NC(=O)N(C)CC1CCCCC1O. The summed E-state index contributed by atoms with van der Waals surface area (Å²) < 4.78 is 5.27. The van der Waals surface area contributed by atoms with Crippen LogP contribution in [0.4, 0.5) is 10.5 Å². The van der Waals surface area contributed by atoms with E-state index in [0.29, 0.717) is 18.0 Å². The number of methoxy groups -OCH3 is 1. The highest BCUT2D eigenvalue weighted by Crippen LogP contribution is 2.27. The third-order valence-electron chi connectivity index (χ3n) is 4.32. The number of carbonyl (C=O) groups is 1. The first kappa shape index (κ1) is 16.6. The van der Waals surface area contributed by atoms with Crippen molar-refractivity contribution in [3.05, 3.63) is 23.8 Å². The lowest BCUT2D eigenvalue weighted by Crippen LogP contribution is -2.40. The predicted octanol–water partition coefficient (Wildman–Crippen LogP) is 3.02. The zero-order chi connectivity index (χ0) is 16.1. The normalized spacial score (nSPS) is 21.3. The smallest absolute Gasteiger partial charge is 0.321 e. The van der Waals surface area contributed by atoms with Gasteiger partial charge in [0.05, 0.1) is 18.9 Å². The van der Waals surface area contributed by atoms with Crippen LogP contribution in [0.2, 0.25) is 0 Å². The predicted molar refractivity (Wildman–Crippen MR) is 87.3 cm³/mol. The minimum absolute atomic E-state index is 0.170. The second-order valence-electron chi connectivity index (χ2n) is 6.13. The van der Waals surface area contributed by atoms with Crippen molar-refractivity contribution in [2.75, 3.05) is 26.0 Å². The van der Waals surface area contributed by atoms with Gasteiger partial charge in [-0.2, -0.15) is 0 Å². The highest BCUT2D eigenvalue weighted by atomic mass is 16.5. The molecule has 0 spiro atoms. The van der Waals surface area contributed by atoms with E-state index in [1.807, 2.05) is 25.1 Å².